The Hall–Kier alpha value is -2.10. The number of rotatable bonds is 8. The van der Waals surface area contributed by atoms with Crippen molar-refractivity contribution in [1.82, 2.24) is 0 Å². The van der Waals surface area contributed by atoms with Crippen LogP contribution >= 0.6 is 11.3 Å². The van der Waals surface area contributed by atoms with E-state index in [0.717, 1.165) is 35.3 Å². The summed E-state index contributed by atoms with van der Waals surface area (Å²) in [4.78, 5) is 1.21. The van der Waals surface area contributed by atoms with Crippen LogP contribution in [0, 0.1) is 12.8 Å². The number of aryl methyl sites for hydroxylation is 1. The van der Waals surface area contributed by atoms with E-state index < -0.39 is 0 Å². The second kappa shape index (κ2) is 8.73. The summed E-state index contributed by atoms with van der Waals surface area (Å²) in [6, 6.07) is 15.1. The zero-order chi connectivity index (χ0) is 19.4. The summed E-state index contributed by atoms with van der Waals surface area (Å²) in [7, 11) is 1.65. The van der Waals surface area contributed by atoms with Crippen LogP contribution in [0.15, 0.2) is 49.0 Å². The van der Waals surface area contributed by atoms with Gasteiger partial charge in [0.15, 0.2) is 6.79 Å². The van der Waals surface area contributed by atoms with E-state index in [1.165, 1.54) is 20.5 Å². The number of hydrogen-bond donors (Lipinski definition) is 0. The molecule has 27 heavy (non-hydrogen) atoms. The van der Waals surface area contributed by atoms with Gasteiger partial charge in [0, 0.05) is 27.8 Å². The van der Waals surface area contributed by atoms with Gasteiger partial charge in [-0.05, 0) is 60.1 Å². The Kier molecular flexibility index (Phi) is 6.35. The number of hydrogen-bond acceptors (Lipinski definition) is 3. The van der Waals surface area contributed by atoms with Crippen LogP contribution < -0.4 is 4.74 Å². The molecule has 3 heteroatoms. The first kappa shape index (κ1) is 19.7. The van der Waals surface area contributed by atoms with Gasteiger partial charge in [0.2, 0.25) is 0 Å². The molecule has 0 saturated carbocycles. The average molecular weight is 381 g/mol. The third kappa shape index (κ3) is 4.42. The average Bonchev–Trinajstić information content (AvgIpc) is 3.10. The molecule has 0 saturated heterocycles. The van der Waals surface area contributed by atoms with Gasteiger partial charge in [0.05, 0.1) is 0 Å². The summed E-state index contributed by atoms with van der Waals surface area (Å²) in [5.41, 5.74) is 4.56. The number of allylic oxidation sites excluding steroid dienone is 1. The predicted molar refractivity (Wildman–Crippen MR) is 118 cm³/mol. The zero-order valence-corrected chi connectivity index (χ0v) is 17.5. The van der Waals surface area contributed by atoms with E-state index in [4.69, 9.17) is 9.47 Å². The van der Waals surface area contributed by atoms with Gasteiger partial charge in [0.25, 0.3) is 0 Å². The van der Waals surface area contributed by atoms with Gasteiger partial charge in [-0.15, -0.1) is 11.3 Å². The maximum atomic E-state index is 6.08. The molecule has 0 amide bonds. The molecule has 3 rings (SSSR count). The SMILES string of the molecule is C=C(CC(C)CC)c1cc(C)cc(-c2cc3ccccc3s2)c1OCOC. The summed E-state index contributed by atoms with van der Waals surface area (Å²) < 4.78 is 12.6. The minimum atomic E-state index is 0.227. The third-order valence-electron chi connectivity index (χ3n) is 4.92. The second-order valence-electron chi connectivity index (χ2n) is 7.21. The molecule has 2 aromatic carbocycles. The van der Waals surface area contributed by atoms with E-state index in [9.17, 15) is 0 Å². The molecule has 3 aromatic rings. The highest BCUT2D eigenvalue weighted by atomic mass is 32.1. The van der Waals surface area contributed by atoms with E-state index >= 15 is 0 Å². The van der Waals surface area contributed by atoms with Gasteiger partial charge in [-0.3, -0.25) is 0 Å². The van der Waals surface area contributed by atoms with Crippen LogP contribution in [0.2, 0.25) is 0 Å². The highest BCUT2D eigenvalue weighted by Crippen LogP contribution is 2.43. The van der Waals surface area contributed by atoms with Gasteiger partial charge in [-0.1, -0.05) is 45.0 Å². The van der Waals surface area contributed by atoms with Crippen LogP contribution in [0.25, 0.3) is 26.1 Å². The lowest BCUT2D eigenvalue weighted by Crippen LogP contribution is -2.04. The van der Waals surface area contributed by atoms with E-state index in [-0.39, 0.29) is 6.79 Å². The van der Waals surface area contributed by atoms with E-state index in [0.29, 0.717) is 5.92 Å². The first-order valence-electron chi connectivity index (χ1n) is 9.47. The number of benzene rings is 2. The van der Waals surface area contributed by atoms with Crippen LogP contribution in [-0.4, -0.2) is 13.9 Å². The highest BCUT2D eigenvalue weighted by molar-refractivity contribution is 7.22. The summed E-state index contributed by atoms with van der Waals surface area (Å²) in [6.45, 7) is 11.2. The lowest BCUT2D eigenvalue weighted by Gasteiger charge is -2.19. The van der Waals surface area contributed by atoms with Crippen molar-refractivity contribution in [2.24, 2.45) is 5.92 Å². The molecule has 0 radical (unpaired) electrons. The fourth-order valence-electron chi connectivity index (χ4n) is 3.28. The van der Waals surface area contributed by atoms with Crippen molar-refractivity contribution in [2.75, 3.05) is 13.9 Å². The molecule has 0 aliphatic rings. The van der Waals surface area contributed by atoms with Crippen molar-refractivity contribution >= 4 is 27.0 Å². The van der Waals surface area contributed by atoms with Crippen LogP contribution in [0.3, 0.4) is 0 Å². The lowest BCUT2D eigenvalue weighted by atomic mass is 9.91. The third-order valence-corrected chi connectivity index (χ3v) is 6.07. The number of thiophene rings is 1. The molecule has 1 atom stereocenters. The highest BCUT2D eigenvalue weighted by Gasteiger charge is 2.18. The summed E-state index contributed by atoms with van der Waals surface area (Å²) >= 11 is 1.80. The number of fused-ring (bicyclic) bond motifs is 1. The maximum absolute atomic E-state index is 6.08. The fraction of sp³-hybridized carbons (Fsp3) is 0.333. The molecule has 0 aliphatic carbocycles. The molecule has 142 valence electrons. The minimum absolute atomic E-state index is 0.227. The summed E-state index contributed by atoms with van der Waals surface area (Å²) in [5.74, 6) is 1.48. The Bertz CT molecular complexity index is 906. The van der Waals surface area contributed by atoms with E-state index in [2.05, 4.69) is 69.8 Å². The molecule has 2 nitrogen and oxygen atoms in total. The topological polar surface area (TPSA) is 18.5 Å². The summed E-state index contributed by atoms with van der Waals surface area (Å²) in [6.07, 6.45) is 2.11. The largest absolute Gasteiger partial charge is 0.466 e. The molecule has 1 heterocycles. The van der Waals surface area contributed by atoms with E-state index in [1.807, 2.05) is 0 Å². The first-order valence-corrected chi connectivity index (χ1v) is 10.3. The van der Waals surface area contributed by atoms with Gasteiger partial charge >= 0.3 is 0 Å². The minimum Gasteiger partial charge on any atom is -0.466 e. The Morgan fingerprint density at radius 1 is 1.19 bits per heavy atom. The molecule has 0 N–H and O–H groups in total. The second-order valence-corrected chi connectivity index (χ2v) is 8.29. The van der Waals surface area contributed by atoms with Crippen molar-refractivity contribution in [3.63, 3.8) is 0 Å². The molecule has 0 fully saturated rings. The Morgan fingerprint density at radius 2 is 1.96 bits per heavy atom. The number of methoxy groups -OCH3 is 1. The molecule has 0 bridgehead atoms. The van der Waals surface area contributed by atoms with Crippen molar-refractivity contribution in [3.8, 4) is 16.2 Å². The van der Waals surface area contributed by atoms with Crippen LogP contribution in [0.1, 0.15) is 37.8 Å². The standard InChI is InChI=1S/C24H28O2S/c1-6-16(2)11-18(4)20-12-17(3)13-21(24(20)26-15-25-5)23-14-19-9-7-8-10-22(19)27-23/h7-10,12-14,16H,4,6,11,15H2,1-3,5H3. The maximum Gasteiger partial charge on any atom is 0.188 e. The summed E-state index contributed by atoms with van der Waals surface area (Å²) in [5, 5.41) is 1.26. The van der Waals surface area contributed by atoms with Crippen LogP contribution in [-0.2, 0) is 4.74 Å². The van der Waals surface area contributed by atoms with Gasteiger partial charge in [-0.2, -0.15) is 0 Å². The predicted octanol–water partition coefficient (Wildman–Crippen LogP) is 7.31. The van der Waals surface area contributed by atoms with Crippen molar-refractivity contribution in [3.05, 3.63) is 60.2 Å². The van der Waals surface area contributed by atoms with Gasteiger partial charge in [-0.25, -0.2) is 0 Å². The normalized spacial score (nSPS) is 12.3. The quantitative estimate of drug-likeness (QED) is 0.381. The van der Waals surface area contributed by atoms with Gasteiger partial charge in [0.1, 0.15) is 5.75 Å². The smallest absolute Gasteiger partial charge is 0.188 e. The molecular formula is C24H28O2S. The van der Waals surface area contributed by atoms with Crippen LogP contribution in [0.5, 0.6) is 5.75 Å². The Labute approximate surface area is 166 Å². The van der Waals surface area contributed by atoms with Crippen molar-refractivity contribution < 1.29 is 9.47 Å². The monoisotopic (exact) mass is 380 g/mol. The van der Waals surface area contributed by atoms with E-state index in [1.54, 1.807) is 18.4 Å². The molecule has 1 unspecified atom stereocenters. The van der Waals surface area contributed by atoms with Crippen molar-refractivity contribution in [2.45, 2.75) is 33.6 Å². The molecule has 0 spiro atoms. The fourth-order valence-corrected chi connectivity index (χ4v) is 4.36. The Morgan fingerprint density at radius 3 is 2.67 bits per heavy atom. The molecule has 1 aromatic heterocycles. The number of ether oxygens (including phenoxy) is 2. The Balaban J connectivity index is 2.12. The lowest BCUT2D eigenvalue weighted by molar-refractivity contribution is 0.0513. The van der Waals surface area contributed by atoms with Crippen LogP contribution in [0.4, 0.5) is 0 Å². The van der Waals surface area contributed by atoms with Gasteiger partial charge < -0.3 is 9.47 Å². The van der Waals surface area contributed by atoms with Crippen molar-refractivity contribution in [1.29, 1.82) is 0 Å². The molecule has 0 aliphatic heterocycles. The molecular weight excluding hydrogens is 352 g/mol. The zero-order valence-electron chi connectivity index (χ0n) is 16.7. The first-order chi connectivity index (χ1) is 13.0.